The van der Waals surface area contributed by atoms with Gasteiger partial charge in [0.25, 0.3) is 0 Å². The third-order valence-electron chi connectivity index (χ3n) is 6.59. The number of likely N-dealkylation sites (tertiary alicyclic amines) is 2. The summed E-state index contributed by atoms with van der Waals surface area (Å²) < 4.78 is 21.8. The highest BCUT2D eigenvalue weighted by atomic mass is 16.6. The third kappa shape index (κ3) is 7.90. The topological polar surface area (TPSA) is 112 Å². The molecule has 0 radical (unpaired) electrons. The Morgan fingerprint density at radius 1 is 0.722 bits per heavy atom. The van der Waals surface area contributed by atoms with Crippen LogP contribution in [0.5, 0.6) is 0 Å². The number of ketones is 2. The summed E-state index contributed by atoms with van der Waals surface area (Å²) in [6.07, 6.45) is 1.67. The molecule has 2 amide bonds. The minimum Gasteiger partial charge on any atom is -0.444 e. The van der Waals surface area contributed by atoms with Gasteiger partial charge in [0.05, 0.1) is 37.3 Å². The van der Waals surface area contributed by atoms with E-state index in [0.29, 0.717) is 52.2 Å². The number of fused-ring (bicyclic) bond motifs is 2. The summed E-state index contributed by atoms with van der Waals surface area (Å²) in [6, 6.07) is 0. The van der Waals surface area contributed by atoms with Crippen LogP contribution in [0.3, 0.4) is 0 Å². The molecule has 204 valence electrons. The quantitative estimate of drug-likeness (QED) is 0.488. The summed E-state index contributed by atoms with van der Waals surface area (Å²) in [5, 5.41) is 0. The molecule has 4 rings (SSSR count). The van der Waals surface area contributed by atoms with E-state index in [2.05, 4.69) is 0 Å². The zero-order chi connectivity index (χ0) is 26.7. The zero-order valence-electron chi connectivity index (χ0n) is 22.5. The van der Waals surface area contributed by atoms with Crippen LogP contribution in [0.25, 0.3) is 0 Å². The number of rotatable bonds is 0. The molecule has 0 aromatic carbocycles. The van der Waals surface area contributed by atoms with Crippen LogP contribution in [0.1, 0.15) is 67.2 Å². The van der Waals surface area contributed by atoms with Crippen molar-refractivity contribution in [3.05, 3.63) is 0 Å². The predicted octanol–water partition coefficient (Wildman–Crippen LogP) is 3.20. The van der Waals surface area contributed by atoms with Crippen LogP contribution in [0.15, 0.2) is 0 Å². The molecule has 0 bridgehead atoms. The maximum absolute atomic E-state index is 11.9. The molecule has 10 nitrogen and oxygen atoms in total. The molecule has 0 saturated carbocycles. The van der Waals surface area contributed by atoms with Gasteiger partial charge in [-0.1, -0.05) is 0 Å². The number of piperidine rings is 2. The highest BCUT2D eigenvalue weighted by Crippen LogP contribution is 2.28. The van der Waals surface area contributed by atoms with Gasteiger partial charge in [0.2, 0.25) is 0 Å². The molecule has 4 aliphatic heterocycles. The van der Waals surface area contributed by atoms with Crippen LogP contribution in [-0.2, 0) is 28.5 Å². The Morgan fingerprint density at radius 2 is 1.08 bits per heavy atom. The molecule has 0 aliphatic carbocycles. The van der Waals surface area contributed by atoms with Crippen LogP contribution in [-0.4, -0.2) is 96.4 Å². The lowest BCUT2D eigenvalue weighted by atomic mass is 9.87. The van der Waals surface area contributed by atoms with Crippen molar-refractivity contribution in [1.29, 1.82) is 0 Å². The minimum absolute atomic E-state index is 0.00932. The molecule has 4 fully saturated rings. The Labute approximate surface area is 213 Å². The van der Waals surface area contributed by atoms with Crippen LogP contribution in [0.4, 0.5) is 9.59 Å². The number of hydrogen-bond donors (Lipinski definition) is 0. The second kappa shape index (κ2) is 11.5. The van der Waals surface area contributed by atoms with Crippen LogP contribution in [0.2, 0.25) is 0 Å². The molecule has 0 aromatic heterocycles. The van der Waals surface area contributed by atoms with E-state index in [4.69, 9.17) is 18.9 Å². The van der Waals surface area contributed by atoms with E-state index in [9.17, 15) is 19.2 Å². The normalized spacial score (nSPS) is 28.8. The van der Waals surface area contributed by atoms with Crippen molar-refractivity contribution >= 4 is 23.8 Å². The van der Waals surface area contributed by atoms with Crippen molar-refractivity contribution in [2.24, 2.45) is 11.8 Å². The number of carbonyl (C=O) groups excluding carboxylic acids is 4. The van der Waals surface area contributed by atoms with Gasteiger partial charge >= 0.3 is 12.2 Å². The van der Waals surface area contributed by atoms with E-state index >= 15 is 0 Å². The van der Waals surface area contributed by atoms with Gasteiger partial charge in [0, 0.05) is 39.0 Å². The first-order valence-electron chi connectivity index (χ1n) is 13.0. The van der Waals surface area contributed by atoms with Gasteiger partial charge in [-0.25, -0.2) is 9.59 Å². The van der Waals surface area contributed by atoms with E-state index in [1.807, 2.05) is 41.5 Å². The maximum atomic E-state index is 11.9. The number of Topliss-reactive ketones (excluding diaryl/α,β-unsaturated/α-hetero) is 2. The molecule has 4 saturated heterocycles. The monoisotopic (exact) mass is 510 g/mol. The Kier molecular flexibility index (Phi) is 9.03. The van der Waals surface area contributed by atoms with E-state index in [-0.39, 0.29) is 47.8 Å². The molecule has 0 N–H and O–H groups in total. The molecule has 4 aliphatic rings. The van der Waals surface area contributed by atoms with Crippen molar-refractivity contribution in [3.8, 4) is 0 Å². The second-order valence-electron chi connectivity index (χ2n) is 11.9. The van der Waals surface area contributed by atoms with Gasteiger partial charge < -0.3 is 28.7 Å². The first-order valence-corrected chi connectivity index (χ1v) is 13.0. The number of hydrogen-bond acceptors (Lipinski definition) is 8. The first-order chi connectivity index (χ1) is 16.7. The van der Waals surface area contributed by atoms with Crippen LogP contribution < -0.4 is 0 Å². The lowest BCUT2D eigenvalue weighted by molar-refractivity contribution is -0.143. The van der Waals surface area contributed by atoms with Crippen molar-refractivity contribution in [1.82, 2.24) is 9.80 Å². The fraction of sp³-hybridized carbons (Fsp3) is 0.846. The number of nitrogens with zero attached hydrogens (tertiary/aromatic N) is 2. The van der Waals surface area contributed by atoms with E-state index < -0.39 is 11.2 Å². The van der Waals surface area contributed by atoms with Crippen LogP contribution >= 0.6 is 0 Å². The molecule has 10 heteroatoms. The summed E-state index contributed by atoms with van der Waals surface area (Å²) in [6.45, 7) is 14.1. The second-order valence-corrected chi connectivity index (χ2v) is 11.9. The highest BCUT2D eigenvalue weighted by Gasteiger charge is 2.41. The van der Waals surface area contributed by atoms with E-state index in [1.54, 1.807) is 9.80 Å². The molecule has 0 aromatic rings. The lowest BCUT2D eigenvalue weighted by Gasteiger charge is -2.40. The number of carbonyl (C=O) groups is 4. The SMILES string of the molecule is CC(C)(C)OC(=O)N1CC[C@@H]2OCCC(=O)[C@@H]2C1.CC(C)(C)OC(=O)N1CC[C@H]2OCCC(=O)[C@H]2C1. The van der Waals surface area contributed by atoms with E-state index in [0.717, 1.165) is 12.8 Å². The minimum atomic E-state index is -0.499. The molecule has 4 heterocycles. The third-order valence-corrected chi connectivity index (χ3v) is 6.59. The average molecular weight is 511 g/mol. The molecule has 4 atom stereocenters. The fourth-order valence-corrected chi connectivity index (χ4v) is 4.86. The molecule has 0 spiro atoms. The molecule has 36 heavy (non-hydrogen) atoms. The Morgan fingerprint density at radius 3 is 1.42 bits per heavy atom. The van der Waals surface area contributed by atoms with Crippen molar-refractivity contribution in [2.45, 2.75) is 90.6 Å². The number of ether oxygens (including phenoxy) is 4. The standard InChI is InChI=1S/2C13H21NO4/c2*1-13(2,3)18-12(16)14-6-4-11-9(8-14)10(15)5-7-17-11/h2*9,11H,4-8H2,1-3H3/t2*9-,11-/m10/s1. The zero-order valence-corrected chi connectivity index (χ0v) is 22.5. The molecular formula is C26H42N2O8. The van der Waals surface area contributed by atoms with E-state index in [1.165, 1.54) is 0 Å². The van der Waals surface area contributed by atoms with Crippen molar-refractivity contribution in [2.75, 3.05) is 39.4 Å². The number of amides is 2. The summed E-state index contributed by atoms with van der Waals surface area (Å²) in [5.41, 5.74) is -0.998. The van der Waals surface area contributed by atoms with Gasteiger partial charge in [0.1, 0.15) is 22.8 Å². The Hall–Kier alpha value is -2.20. The smallest absolute Gasteiger partial charge is 0.410 e. The summed E-state index contributed by atoms with van der Waals surface area (Å²) in [5.74, 6) is 0.0825. The van der Waals surface area contributed by atoms with Gasteiger partial charge in [-0.2, -0.15) is 0 Å². The molecular weight excluding hydrogens is 468 g/mol. The van der Waals surface area contributed by atoms with Crippen LogP contribution in [0, 0.1) is 11.8 Å². The predicted molar refractivity (Wildman–Crippen MR) is 131 cm³/mol. The Bertz CT molecular complexity index is 763. The first kappa shape index (κ1) is 28.4. The van der Waals surface area contributed by atoms with Gasteiger partial charge in [-0.3, -0.25) is 9.59 Å². The average Bonchev–Trinajstić information content (AvgIpc) is 2.77. The largest absolute Gasteiger partial charge is 0.444 e. The Balaban J connectivity index is 0.000000201. The van der Waals surface area contributed by atoms with Gasteiger partial charge in [0.15, 0.2) is 0 Å². The summed E-state index contributed by atoms with van der Waals surface area (Å²) >= 11 is 0. The summed E-state index contributed by atoms with van der Waals surface area (Å²) in [7, 11) is 0. The van der Waals surface area contributed by atoms with Gasteiger partial charge in [-0.15, -0.1) is 0 Å². The molecule has 0 unspecified atom stereocenters. The van der Waals surface area contributed by atoms with Crippen molar-refractivity contribution in [3.63, 3.8) is 0 Å². The maximum Gasteiger partial charge on any atom is 0.410 e. The summed E-state index contributed by atoms with van der Waals surface area (Å²) in [4.78, 5) is 50.8. The lowest BCUT2D eigenvalue weighted by Crippen LogP contribution is -2.52. The van der Waals surface area contributed by atoms with Gasteiger partial charge in [-0.05, 0) is 54.4 Å². The fourth-order valence-electron chi connectivity index (χ4n) is 4.86. The van der Waals surface area contributed by atoms with Crippen molar-refractivity contribution < 1.29 is 38.1 Å². The highest BCUT2D eigenvalue weighted by molar-refractivity contribution is 5.84.